The molecule has 118 valence electrons. The zero-order valence-electron chi connectivity index (χ0n) is 12.3. The highest BCUT2D eigenvalue weighted by Gasteiger charge is 2.37. The summed E-state index contributed by atoms with van der Waals surface area (Å²) >= 11 is 3.42. The van der Waals surface area contributed by atoms with Gasteiger partial charge in [0, 0.05) is 16.6 Å². The lowest BCUT2D eigenvalue weighted by Crippen LogP contribution is -2.52. The lowest BCUT2D eigenvalue weighted by Gasteiger charge is -2.43. The molecule has 1 amide bonds. The van der Waals surface area contributed by atoms with Gasteiger partial charge in [-0.25, -0.2) is 4.79 Å². The molecule has 0 radical (unpaired) electrons. The first-order valence-corrected chi connectivity index (χ1v) is 8.60. The molecule has 0 saturated carbocycles. The first kappa shape index (κ1) is 14.3. The number of ether oxygens (including phenoxy) is 2. The van der Waals surface area contributed by atoms with Crippen molar-refractivity contribution >= 4 is 22.0 Å². The highest BCUT2D eigenvalue weighted by Crippen LogP contribution is 2.35. The molecular weight excluding hydrogens is 348 g/mol. The fourth-order valence-electron chi connectivity index (χ4n) is 3.66. The Kier molecular flexibility index (Phi) is 3.74. The fourth-order valence-corrected chi connectivity index (χ4v) is 4.00. The monoisotopic (exact) mass is 366 g/mol. The number of carbonyl (C=O) groups excluding carboxylic acids is 1. The number of hydrogen-bond acceptors (Lipinski definition) is 4. The Labute approximate surface area is 138 Å². The molecule has 6 heteroatoms. The molecule has 4 heterocycles. The van der Waals surface area contributed by atoms with Crippen LogP contribution in [0.3, 0.4) is 0 Å². The molecule has 4 aliphatic heterocycles. The van der Waals surface area contributed by atoms with Crippen LogP contribution in [0.5, 0.6) is 5.75 Å². The number of amides is 1. The number of carbonyl (C=O) groups is 1. The van der Waals surface area contributed by atoms with E-state index >= 15 is 0 Å². The molecule has 0 aromatic heterocycles. The number of hydrogen-bond donors (Lipinski definition) is 1. The van der Waals surface area contributed by atoms with Gasteiger partial charge in [0.2, 0.25) is 0 Å². The standard InChI is InChI=1S/C16H19BrN2O3/c17-11-1-2-12-13(9-21-14(12)7-11)18-16(20)22-15-8-19-5-3-10(15)4-6-19/h1-2,7,10,13,15H,3-6,8-9H2,(H,18,20)/t13?,15-/m0/s1. The van der Waals surface area contributed by atoms with E-state index in [1.165, 1.54) is 0 Å². The van der Waals surface area contributed by atoms with Crippen LogP contribution in [0.2, 0.25) is 0 Å². The molecular formula is C16H19BrN2O3. The molecule has 3 fully saturated rings. The molecule has 2 atom stereocenters. The Bertz CT molecular complexity index is 587. The zero-order chi connectivity index (χ0) is 15.1. The van der Waals surface area contributed by atoms with E-state index in [0.717, 1.165) is 48.3 Å². The summed E-state index contributed by atoms with van der Waals surface area (Å²) < 4.78 is 12.3. The third kappa shape index (κ3) is 2.70. The summed E-state index contributed by atoms with van der Waals surface area (Å²) in [5, 5.41) is 2.94. The molecule has 4 aliphatic rings. The van der Waals surface area contributed by atoms with E-state index in [1.54, 1.807) is 0 Å². The molecule has 1 aromatic carbocycles. The molecule has 3 saturated heterocycles. The van der Waals surface area contributed by atoms with Gasteiger partial charge in [-0.05, 0) is 44.0 Å². The third-order valence-corrected chi connectivity index (χ3v) is 5.40. The smallest absolute Gasteiger partial charge is 0.408 e. The number of halogens is 1. The van der Waals surface area contributed by atoms with Crippen molar-refractivity contribution in [3.63, 3.8) is 0 Å². The quantitative estimate of drug-likeness (QED) is 0.874. The summed E-state index contributed by atoms with van der Waals surface area (Å²) in [4.78, 5) is 14.6. The van der Waals surface area contributed by atoms with Crippen LogP contribution < -0.4 is 10.1 Å². The second-order valence-corrected chi connectivity index (χ2v) is 7.19. The number of benzene rings is 1. The van der Waals surface area contributed by atoms with E-state index in [4.69, 9.17) is 9.47 Å². The summed E-state index contributed by atoms with van der Waals surface area (Å²) in [7, 11) is 0. The largest absolute Gasteiger partial charge is 0.491 e. The second kappa shape index (κ2) is 5.74. The average Bonchev–Trinajstić information content (AvgIpc) is 2.90. The van der Waals surface area contributed by atoms with Gasteiger partial charge in [0.1, 0.15) is 18.5 Å². The summed E-state index contributed by atoms with van der Waals surface area (Å²) in [6.07, 6.45) is 1.99. The predicted molar refractivity (Wildman–Crippen MR) is 84.9 cm³/mol. The van der Waals surface area contributed by atoms with Crippen LogP contribution >= 0.6 is 15.9 Å². The van der Waals surface area contributed by atoms with Crippen LogP contribution in [0.1, 0.15) is 24.4 Å². The van der Waals surface area contributed by atoms with Gasteiger partial charge in [-0.2, -0.15) is 0 Å². The van der Waals surface area contributed by atoms with E-state index in [-0.39, 0.29) is 18.2 Å². The van der Waals surface area contributed by atoms with Gasteiger partial charge < -0.3 is 14.8 Å². The van der Waals surface area contributed by atoms with Gasteiger partial charge in [0.25, 0.3) is 0 Å². The van der Waals surface area contributed by atoms with Crippen molar-refractivity contribution in [2.75, 3.05) is 26.2 Å². The lowest BCUT2D eigenvalue weighted by molar-refractivity contribution is -0.0340. The Balaban J connectivity index is 1.37. The van der Waals surface area contributed by atoms with Crippen LogP contribution in [-0.4, -0.2) is 43.3 Å². The van der Waals surface area contributed by atoms with Gasteiger partial charge in [-0.1, -0.05) is 22.0 Å². The Morgan fingerprint density at radius 3 is 2.91 bits per heavy atom. The fraction of sp³-hybridized carbons (Fsp3) is 0.562. The Hall–Kier alpha value is -1.27. The van der Waals surface area contributed by atoms with Crippen molar-refractivity contribution < 1.29 is 14.3 Å². The minimum atomic E-state index is -0.330. The number of rotatable bonds is 2. The summed E-state index contributed by atoms with van der Waals surface area (Å²) in [6.45, 7) is 3.62. The number of piperidine rings is 3. The van der Waals surface area contributed by atoms with Crippen molar-refractivity contribution in [1.29, 1.82) is 0 Å². The van der Waals surface area contributed by atoms with Crippen molar-refractivity contribution in [1.82, 2.24) is 10.2 Å². The van der Waals surface area contributed by atoms with E-state index in [0.29, 0.717) is 12.5 Å². The van der Waals surface area contributed by atoms with Gasteiger partial charge >= 0.3 is 6.09 Å². The molecule has 1 N–H and O–H groups in total. The van der Waals surface area contributed by atoms with Gasteiger partial charge in [0.05, 0.1) is 6.04 Å². The van der Waals surface area contributed by atoms with Crippen LogP contribution in [0.25, 0.3) is 0 Å². The van der Waals surface area contributed by atoms with Crippen LogP contribution in [-0.2, 0) is 4.74 Å². The van der Waals surface area contributed by atoms with Crippen molar-refractivity contribution in [3.8, 4) is 5.75 Å². The normalized spacial score (nSPS) is 32.2. The summed E-state index contributed by atoms with van der Waals surface area (Å²) in [5.74, 6) is 1.35. The highest BCUT2D eigenvalue weighted by atomic mass is 79.9. The maximum atomic E-state index is 12.2. The number of alkyl carbamates (subject to hydrolysis) is 1. The zero-order valence-corrected chi connectivity index (χ0v) is 13.8. The molecule has 0 spiro atoms. The van der Waals surface area contributed by atoms with Crippen LogP contribution in [0, 0.1) is 5.92 Å². The minimum absolute atomic E-state index is 0.0363. The van der Waals surface area contributed by atoms with Gasteiger partial charge in [-0.3, -0.25) is 4.90 Å². The molecule has 22 heavy (non-hydrogen) atoms. The number of fused-ring (bicyclic) bond motifs is 4. The van der Waals surface area contributed by atoms with Gasteiger partial charge in [0.15, 0.2) is 0 Å². The van der Waals surface area contributed by atoms with Crippen LogP contribution in [0.15, 0.2) is 22.7 Å². The maximum absolute atomic E-state index is 12.2. The summed E-state index contributed by atoms with van der Waals surface area (Å²) in [6, 6.07) is 5.74. The first-order chi connectivity index (χ1) is 10.7. The average molecular weight is 367 g/mol. The number of nitrogens with one attached hydrogen (secondary N) is 1. The van der Waals surface area contributed by atoms with E-state index < -0.39 is 0 Å². The number of nitrogens with zero attached hydrogens (tertiary/aromatic N) is 1. The van der Waals surface area contributed by atoms with Gasteiger partial charge in [-0.15, -0.1) is 0 Å². The summed E-state index contributed by atoms with van der Waals surface area (Å²) in [5.41, 5.74) is 1.01. The van der Waals surface area contributed by atoms with Crippen molar-refractivity contribution in [3.05, 3.63) is 28.2 Å². The molecule has 2 bridgehead atoms. The first-order valence-electron chi connectivity index (χ1n) is 7.81. The van der Waals surface area contributed by atoms with Crippen molar-refractivity contribution in [2.45, 2.75) is 25.0 Å². The molecule has 5 rings (SSSR count). The predicted octanol–water partition coefficient (Wildman–Crippen LogP) is 2.70. The Morgan fingerprint density at radius 1 is 1.36 bits per heavy atom. The molecule has 1 aromatic rings. The molecule has 0 aliphatic carbocycles. The second-order valence-electron chi connectivity index (χ2n) is 6.27. The molecule has 5 nitrogen and oxygen atoms in total. The lowest BCUT2D eigenvalue weighted by atomic mass is 9.86. The van der Waals surface area contributed by atoms with E-state index in [1.807, 2.05) is 18.2 Å². The van der Waals surface area contributed by atoms with Crippen molar-refractivity contribution in [2.24, 2.45) is 5.92 Å². The Morgan fingerprint density at radius 2 is 2.18 bits per heavy atom. The van der Waals surface area contributed by atoms with Crippen LogP contribution in [0.4, 0.5) is 4.79 Å². The minimum Gasteiger partial charge on any atom is -0.491 e. The third-order valence-electron chi connectivity index (χ3n) is 4.90. The maximum Gasteiger partial charge on any atom is 0.408 e. The van der Waals surface area contributed by atoms with E-state index in [9.17, 15) is 4.79 Å². The molecule has 1 unspecified atom stereocenters. The topological polar surface area (TPSA) is 50.8 Å². The SMILES string of the molecule is O=C(NC1COc2cc(Br)ccc21)O[C@H]1CN2CCC1CC2. The highest BCUT2D eigenvalue weighted by molar-refractivity contribution is 9.10. The van der Waals surface area contributed by atoms with E-state index in [2.05, 4.69) is 26.1 Å².